The van der Waals surface area contributed by atoms with Crippen LogP contribution >= 0.6 is 0 Å². The Bertz CT molecular complexity index is 535. The SMILES string of the molecule is CCCC(C)(C)CNc1nc(C)nc(NC(C)(C)C(C)(C)CC)n1. The molecule has 0 amide bonds. The number of nitrogens with zero attached hydrogens (tertiary/aromatic N) is 3. The van der Waals surface area contributed by atoms with E-state index in [1.807, 2.05) is 6.92 Å². The molecule has 0 fully saturated rings. The quantitative estimate of drug-likeness (QED) is 0.661. The summed E-state index contributed by atoms with van der Waals surface area (Å²) in [6, 6.07) is 0. The minimum atomic E-state index is -0.117. The van der Waals surface area contributed by atoms with Gasteiger partial charge in [-0.05, 0) is 44.4 Å². The van der Waals surface area contributed by atoms with Crippen LogP contribution in [-0.2, 0) is 0 Å². The molecular weight excluding hydrogens is 298 g/mol. The summed E-state index contributed by atoms with van der Waals surface area (Å²) < 4.78 is 0. The Morgan fingerprint density at radius 3 is 2.00 bits per heavy atom. The van der Waals surface area contributed by atoms with E-state index in [0.717, 1.165) is 18.8 Å². The first-order valence-corrected chi connectivity index (χ1v) is 9.17. The van der Waals surface area contributed by atoms with Crippen LogP contribution < -0.4 is 10.6 Å². The first-order valence-electron chi connectivity index (χ1n) is 9.17. The van der Waals surface area contributed by atoms with Crippen LogP contribution in [0.1, 0.15) is 80.5 Å². The van der Waals surface area contributed by atoms with Gasteiger partial charge < -0.3 is 10.6 Å². The van der Waals surface area contributed by atoms with Crippen LogP contribution in [0.25, 0.3) is 0 Å². The number of hydrogen-bond acceptors (Lipinski definition) is 5. The zero-order valence-corrected chi connectivity index (χ0v) is 17.2. The number of aryl methyl sites for hydroxylation is 1. The van der Waals surface area contributed by atoms with Gasteiger partial charge in [-0.3, -0.25) is 0 Å². The van der Waals surface area contributed by atoms with Gasteiger partial charge in [0.05, 0.1) is 0 Å². The van der Waals surface area contributed by atoms with E-state index in [0.29, 0.717) is 11.9 Å². The molecule has 0 saturated heterocycles. The van der Waals surface area contributed by atoms with Crippen LogP contribution in [0.3, 0.4) is 0 Å². The Labute approximate surface area is 148 Å². The summed E-state index contributed by atoms with van der Waals surface area (Å²) in [5, 5.41) is 6.90. The van der Waals surface area contributed by atoms with Gasteiger partial charge in [0.1, 0.15) is 5.82 Å². The predicted octanol–water partition coefficient (Wildman–Crippen LogP) is 5.04. The molecule has 24 heavy (non-hydrogen) atoms. The molecule has 5 nitrogen and oxygen atoms in total. The maximum atomic E-state index is 4.59. The van der Waals surface area contributed by atoms with E-state index in [9.17, 15) is 0 Å². The molecule has 0 bridgehead atoms. The lowest BCUT2D eigenvalue weighted by Gasteiger charge is -2.41. The number of rotatable bonds is 9. The average Bonchev–Trinajstić information content (AvgIpc) is 2.44. The van der Waals surface area contributed by atoms with E-state index in [-0.39, 0.29) is 16.4 Å². The molecule has 0 aliphatic rings. The van der Waals surface area contributed by atoms with Crippen molar-refractivity contribution >= 4 is 11.9 Å². The van der Waals surface area contributed by atoms with Crippen molar-refractivity contribution in [3.63, 3.8) is 0 Å². The highest BCUT2D eigenvalue weighted by molar-refractivity contribution is 5.37. The fourth-order valence-corrected chi connectivity index (χ4v) is 2.59. The Kier molecular flexibility index (Phi) is 6.59. The first-order chi connectivity index (χ1) is 10.9. The number of aromatic nitrogens is 3. The average molecular weight is 336 g/mol. The molecule has 138 valence electrons. The van der Waals surface area contributed by atoms with E-state index >= 15 is 0 Å². The molecule has 1 heterocycles. The Hall–Kier alpha value is -1.39. The van der Waals surface area contributed by atoms with E-state index < -0.39 is 0 Å². The smallest absolute Gasteiger partial charge is 0.228 e. The molecular formula is C19H37N5. The molecule has 0 unspecified atom stereocenters. The number of nitrogens with one attached hydrogen (secondary N) is 2. The van der Waals surface area contributed by atoms with Crippen molar-refractivity contribution in [1.29, 1.82) is 0 Å². The first kappa shape index (κ1) is 20.7. The second-order valence-electron chi connectivity index (χ2n) is 8.79. The lowest BCUT2D eigenvalue weighted by Crippen LogP contribution is -2.46. The third-order valence-electron chi connectivity index (χ3n) is 5.40. The Morgan fingerprint density at radius 1 is 0.875 bits per heavy atom. The molecule has 0 radical (unpaired) electrons. The van der Waals surface area contributed by atoms with Gasteiger partial charge >= 0.3 is 0 Å². The van der Waals surface area contributed by atoms with Crippen molar-refractivity contribution in [2.75, 3.05) is 17.2 Å². The maximum Gasteiger partial charge on any atom is 0.228 e. The predicted molar refractivity (Wildman–Crippen MR) is 104 cm³/mol. The monoisotopic (exact) mass is 335 g/mol. The summed E-state index contributed by atoms with van der Waals surface area (Å²) in [4.78, 5) is 13.5. The highest BCUT2D eigenvalue weighted by Crippen LogP contribution is 2.35. The van der Waals surface area contributed by atoms with E-state index in [1.165, 1.54) is 12.8 Å². The van der Waals surface area contributed by atoms with Crippen molar-refractivity contribution in [1.82, 2.24) is 15.0 Å². The van der Waals surface area contributed by atoms with E-state index in [2.05, 4.69) is 81.0 Å². The van der Waals surface area contributed by atoms with Crippen molar-refractivity contribution in [3.05, 3.63) is 5.82 Å². The molecule has 0 aliphatic carbocycles. The van der Waals surface area contributed by atoms with Gasteiger partial charge in [0.15, 0.2) is 0 Å². The van der Waals surface area contributed by atoms with Crippen LogP contribution in [0.4, 0.5) is 11.9 Å². The molecule has 1 aromatic heterocycles. The molecule has 0 spiro atoms. The topological polar surface area (TPSA) is 62.7 Å². The number of hydrogen-bond donors (Lipinski definition) is 2. The fourth-order valence-electron chi connectivity index (χ4n) is 2.59. The zero-order valence-electron chi connectivity index (χ0n) is 17.2. The second kappa shape index (κ2) is 7.66. The summed E-state index contributed by atoms with van der Waals surface area (Å²) in [7, 11) is 0. The molecule has 2 N–H and O–H groups in total. The Balaban J connectivity index is 2.91. The third kappa shape index (κ3) is 5.60. The van der Waals surface area contributed by atoms with Gasteiger partial charge in [-0.15, -0.1) is 0 Å². The number of anilines is 2. The van der Waals surface area contributed by atoms with E-state index in [1.54, 1.807) is 0 Å². The molecule has 0 aliphatic heterocycles. The van der Waals surface area contributed by atoms with E-state index in [4.69, 9.17) is 0 Å². The third-order valence-corrected chi connectivity index (χ3v) is 5.40. The minimum absolute atomic E-state index is 0.117. The van der Waals surface area contributed by atoms with Gasteiger partial charge in [0.2, 0.25) is 11.9 Å². The van der Waals surface area contributed by atoms with Crippen molar-refractivity contribution in [2.45, 2.75) is 87.1 Å². The second-order valence-corrected chi connectivity index (χ2v) is 8.79. The van der Waals surface area contributed by atoms with Gasteiger partial charge in [-0.1, -0.05) is 48.0 Å². The van der Waals surface area contributed by atoms with Gasteiger partial charge in [0, 0.05) is 12.1 Å². The van der Waals surface area contributed by atoms with Gasteiger partial charge in [0.25, 0.3) is 0 Å². The maximum absolute atomic E-state index is 4.59. The lowest BCUT2D eigenvalue weighted by molar-refractivity contribution is 0.214. The van der Waals surface area contributed by atoms with Gasteiger partial charge in [-0.25, -0.2) is 0 Å². The standard InChI is InChI=1S/C19H37N5/c1-10-12-17(4,5)13-20-15-21-14(3)22-16(23-15)24-19(8,9)18(6,7)11-2/h10-13H2,1-9H3,(H2,20,21,22,23,24). The van der Waals surface area contributed by atoms with Crippen LogP contribution in [0.5, 0.6) is 0 Å². The van der Waals surface area contributed by atoms with Crippen LogP contribution in [0.15, 0.2) is 0 Å². The summed E-state index contributed by atoms with van der Waals surface area (Å²) in [5.41, 5.74) is 0.241. The summed E-state index contributed by atoms with van der Waals surface area (Å²) in [6.45, 7) is 20.7. The molecule has 0 atom stereocenters. The van der Waals surface area contributed by atoms with Crippen molar-refractivity contribution in [2.24, 2.45) is 10.8 Å². The zero-order chi connectivity index (χ0) is 18.6. The molecule has 0 saturated carbocycles. The Morgan fingerprint density at radius 2 is 1.46 bits per heavy atom. The lowest BCUT2D eigenvalue weighted by atomic mass is 9.73. The molecule has 1 rings (SSSR count). The van der Waals surface area contributed by atoms with Gasteiger partial charge in [-0.2, -0.15) is 15.0 Å². The summed E-state index contributed by atoms with van der Waals surface area (Å²) >= 11 is 0. The van der Waals surface area contributed by atoms with Crippen LogP contribution in [-0.4, -0.2) is 27.0 Å². The van der Waals surface area contributed by atoms with Crippen molar-refractivity contribution < 1.29 is 0 Å². The summed E-state index contributed by atoms with van der Waals surface area (Å²) in [6.07, 6.45) is 3.43. The largest absolute Gasteiger partial charge is 0.354 e. The fraction of sp³-hybridized carbons (Fsp3) is 0.842. The molecule has 0 aromatic carbocycles. The molecule has 5 heteroatoms. The highest BCUT2D eigenvalue weighted by Gasteiger charge is 2.36. The van der Waals surface area contributed by atoms with Crippen molar-refractivity contribution in [3.8, 4) is 0 Å². The highest BCUT2D eigenvalue weighted by atomic mass is 15.2. The van der Waals surface area contributed by atoms with Crippen LogP contribution in [0.2, 0.25) is 0 Å². The minimum Gasteiger partial charge on any atom is -0.354 e. The molecule has 1 aromatic rings. The normalized spacial score (nSPS) is 13.0. The summed E-state index contributed by atoms with van der Waals surface area (Å²) in [5.74, 6) is 2.03. The van der Waals surface area contributed by atoms with Crippen LogP contribution in [0, 0.1) is 17.8 Å².